The van der Waals surface area contributed by atoms with E-state index in [2.05, 4.69) is 121 Å². The molecule has 4 aromatic carbocycles. The first-order valence-corrected chi connectivity index (χ1v) is 11.4. The van der Waals surface area contributed by atoms with Gasteiger partial charge in [-0.1, -0.05) is 121 Å². The van der Waals surface area contributed by atoms with Crippen LogP contribution in [0.2, 0.25) is 0 Å². The molecule has 0 heterocycles. The second-order valence-electron chi connectivity index (χ2n) is 8.85. The number of allylic oxidation sites excluding steroid dienone is 8. The fourth-order valence-electron chi connectivity index (χ4n) is 5.95. The van der Waals surface area contributed by atoms with Crippen LogP contribution in [-0.4, -0.2) is 0 Å². The molecule has 0 spiro atoms. The van der Waals surface area contributed by atoms with Gasteiger partial charge in [-0.3, -0.25) is 0 Å². The first-order valence-electron chi connectivity index (χ1n) is 11.4. The molecule has 0 radical (unpaired) electrons. The Morgan fingerprint density at radius 2 is 0.875 bits per heavy atom. The summed E-state index contributed by atoms with van der Waals surface area (Å²) in [7, 11) is 0. The first kappa shape index (κ1) is 17.7. The summed E-state index contributed by atoms with van der Waals surface area (Å²) in [6.45, 7) is 0. The summed E-state index contributed by atoms with van der Waals surface area (Å²) in [4.78, 5) is 0. The highest BCUT2D eigenvalue weighted by Crippen LogP contribution is 2.59. The summed E-state index contributed by atoms with van der Waals surface area (Å²) in [5.74, 6) is 0.833. The Labute approximate surface area is 188 Å². The van der Waals surface area contributed by atoms with E-state index in [1.807, 2.05) is 0 Å². The summed E-state index contributed by atoms with van der Waals surface area (Å²) in [5.41, 5.74) is 11.1. The topological polar surface area (TPSA) is 0 Å². The molecule has 0 heteroatoms. The lowest BCUT2D eigenvalue weighted by molar-refractivity contribution is 0.707. The minimum absolute atomic E-state index is 0.404. The van der Waals surface area contributed by atoms with Gasteiger partial charge in [-0.05, 0) is 55.3 Å². The van der Waals surface area contributed by atoms with E-state index in [-0.39, 0.29) is 0 Å². The predicted molar refractivity (Wildman–Crippen MR) is 136 cm³/mol. The summed E-state index contributed by atoms with van der Waals surface area (Å²) < 4.78 is 0. The molecule has 0 fully saturated rings. The van der Waals surface area contributed by atoms with Gasteiger partial charge >= 0.3 is 0 Å². The van der Waals surface area contributed by atoms with E-state index < -0.39 is 0 Å². The lowest BCUT2D eigenvalue weighted by Gasteiger charge is -2.26. The molecule has 0 saturated carbocycles. The molecule has 0 aliphatic heterocycles. The van der Waals surface area contributed by atoms with Crippen LogP contribution < -0.4 is 0 Å². The highest BCUT2D eigenvalue weighted by atomic mass is 14.4. The van der Waals surface area contributed by atoms with Crippen LogP contribution in [0.1, 0.15) is 11.1 Å². The van der Waals surface area contributed by atoms with E-state index in [0.717, 1.165) is 0 Å². The van der Waals surface area contributed by atoms with E-state index in [4.69, 9.17) is 0 Å². The Kier molecular flexibility index (Phi) is 3.77. The Bertz CT molecular complexity index is 1380. The maximum atomic E-state index is 2.36. The second kappa shape index (κ2) is 6.80. The van der Waals surface area contributed by atoms with Crippen molar-refractivity contribution in [2.45, 2.75) is 0 Å². The molecule has 0 unspecified atom stereocenters. The van der Waals surface area contributed by atoms with Gasteiger partial charge in [0.15, 0.2) is 0 Å². The Morgan fingerprint density at radius 3 is 1.34 bits per heavy atom. The summed E-state index contributed by atoms with van der Waals surface area (Å²) in [6.07, 6.45) is 13.9. The quantitative estimate of drug-likeness (QED) is 0.314. The molecule has 3 aliphatic carbocycles. The molecular formula is C32H22. The highest BCUT2D eigenvalue weighted by Gasteiger charge is 2.41. The minimum Gasteiger partial charge on any atom is -0.0767 e. The average Bonchev–Trinajstić information content (AvgIpc) is 3.19. The smallest absolute Gasteiger partial charge is 0.0200 e. The number of hydrogen-bond donors (Lipinski definition) is 0. The molecular weight excluding hydrogens is 384 g/mol. The van der Waals surface area contributed by atoms with Crippen LogP contribution in [0.5, 0.6) is 0 Å². The van der Waals surface area contributed by atoms with Crippen molar-refractivity contribution in [2.75, 3.05) is 0 Å². The van der Waals surface area contributed by atoms with Crippen LogP contribution in [-0.2, 0) is 0 Å². The lowest BCUT2D eigenvalue weighted by atomic mass is 9.77. The van der Waals surface area contributed by atoms with E-state index in [1.54, 1.807) is 0 Å². The van der Waals surface area contributed by atoms with Gasteiger partial charge in [-0.15, -0.1) is 0 Å². The zero-order chi connectivity index (χ0) is 21.1. The number of rotatable bonds is 2. The van der Waals surface area contributed by atoms with Crippen molar-refractivity contribution in [3.63, 3.8) is 0 Å². The fraction of sp³-hybridized carbons (Fsp3) is 0.0625. The van der Waals surface area contributed by atoms with Crippen LogP contribution in [0.15, 0.2) is 121 Å². The third-order valence-electron chi connectivity index (χ3n) is 7.19. The van der Waals surface area contributed by atoms with Gasteiger partial charge < -0.3 is 0 Å². The molecule has 0 amide bonds. The van der Waals surface area contributed by atoms with E-state index in [9.17, 15) is 0 Å². The fourth-order valence-corrected chi connectivity index (χ4v) is 5.95. The Balaban J connectivity index is 1.72. The molecule has 0 aromatic heterocycles. The summed E-state index contributed by atoms with van der Waals surface area (Å²) in [6, 6.07) is 30.8. The van der Waals surface area contributed by atoms with Gasteiger partial charge in [0.2, 0.25) is 0 Å². The monoisotopic (exact) mass is 406 g/mol. The third kappa shape index (κ3) is 2.38. The molecule has 4 aromatic rings. The zero-order valence-corrected chi connectivity index (χ0v) is 17.7. The molecule has 150 valence electrons. The van der Waals surface area contributed by atoms with Gasteiger partial charge in [0, 0.05) is 11.8 Å². The molecule has 0 nitrogen and oxygen atoms in total. The van der Waals surface area contributed by atoms with Gasteiger partial charge in [0.05, 0.1) is 0 Å². The van der Waals surface area contributed by atoms with Gasteiger partial charge in [0.25, 0.3) is 0 Å². The van der Waals surface area contributed by atoms with Gasteiger partial charge in [0.1, 0.15) is 0 Å². The predicted octanol–water partition coefficient (Wildman–Crippen LogP) is 8.33. The minimum atomic E-state index is 0.404. The van der Waals surface area contributed by atoms with Crippen molar-refractivity contribution in [2.24, 2.45) is 11.8 Å². The van der Waals surface area contributed by atoms with Crippen molar-refractivity contribution < 1.29 is 0 Å². The number of benzene rings is 4. The molecule has 0 N–H and O–H groups in total. The molecule has 0 saturated heterocycles. The van der Waals surface area contributed by atoms with Crippen LogP contribution in [0.3, 0.4) is 0 Å². The van der Waals surface area contributed by atoms with E-state index >= 15 is 0 Å². The Morgan fingerprint density at radius 1 is 0.438 bits per heavy atom. The van der Waals surface area contributed by atoms with Crippen LogP contribution >= 0.6 is 0 Å². The second-order valence-corrected chi connectivity index (χ2v) is 8.85. The standard InChI is InChI=1S/C32H22/c1-3-11-22(12-4-1)29-24-17-7-8-18-25(24)30(23-13-5-2-6-14-23)32-27-20-10-16-21-15-9-19-26(28(21)27)31(29)32/h1-21,28H. The normalized spacial score (nSPS) is 20.0. The zero-order valence-electron chi connectivity index (χ0n) is 17.7. The van der Waals surface area contributed by atoms with Gasteiger partial charge in [-0.2, -0.15) is 0 Å². The van der Waals surface area contributed by atoms with Crippen molar-refractivity contribution in [3.05, 3.63) is 133 Å². The molecule has 0 atom stereocenters. The Hall–Kier alpha value is -3.90. The average molecular weight is 407 g/mol. The number of fused-ring (bicyclic) bond motifs is 4. The van der Waals surface area contributed by atoms with Crippen LogP contribution in [0.25, 0.3) is 44.2 Å². The molecule has 3 aliphatic rings. The molecule has 0 bridgehead atoms. The van der Waals surface area contributed by atoms with E-state index in [1.165, 1.54) is 55.3 Å². The molecule has 32 heavy (non-hydrogen) atoms. The van der Waals surface area contributed by atoms with Gasteiger partial charge in [-0.25, -0.2) is 0 Å². The van der Waals surface area contributed by atoms with Crippen molar-refractivity contribution in [1.82, 2.24) is 0 Å². The summed E-state index contributed by atoms with van der Waals surface area (Å²) in [5, 5.41) is 2.66. The lowest BCUT2D eigenvalue weighted by Crippen LogP contribution is -2.14. The maximum Gasteiger partial charge on any atom is 0.0200 e. The maximum absolute atomic E-state index is 2.36. The van der Waals surface area contributed by atoms with Crippen molar-refractivity contribution >= 4 is 21.9 Å². The SMILES string of the molecule is C1=CC2C=CC=C3c4c(c(-c5ccccc5)c5ccccc5c4-c4ccccc4)C(=C1)C32. The molecule has 7 rings (SSSR count). The van der Waals surface area contributed by atoms with Crippen LogP contribution in [0, 0.1) is 11.8 Å². The van der Waals surface area contributed by atoms with Crippen molar-refractivity contribution in [1.29, 1.82) is 0 Å². The van der Waals surface area contributed by atoms with Crippen molar-refractivity contribution in [3.8, 4) is 22.3 Å². The largest absolute Gasteiger partial charge is 0.0767 e. The van der Waals surface area contributed by atoms with E-state index in [0.29, 0.717) is 11.8 Å². The third-order valence-corrected chi connectivity index (χ3v) is 7.19. The van der Waals surface area contributed by atoms with Crippen LogP contribution in [0.4, 0.5) is 0 Å². The number of hydrogen-bond acceptors (Lipinski definition) is 0. The first-order chi connectivity index (χ1) is 15.9. The highest BCUT2D eigenvalue weighted by molar-refractivity contribution is 6.18. The summed E-state index contributed by atoms with van der Waals surface area (Å²) >= 11 is 0.